The lowest BCUT2D eigenvalue weighted by Crippen LogP contribution is -2.44. The third kappa shape index (κ3) is 2.43. The molecule has 26 heavy (non-hydrogen) atoms. The van der Waals surface area contributed by atoms with Gasteiger partial charge in [-0.2, -0.15) is 0 Å². The van der Waals surface area contributed by atoms with E-state index < -0.39 is 0 Å². The highest BCUT2D eigenvalue weighted by molar-refractivity contribution is 6.34. The third-order valence-corrected chi connectivity index (χ3v) is 6.09. The molecule has 0 radical (unpaired) electrons. The molecular weight excluding hydrogens is 344 g/mol. The van der Waals surface area contributed by atoms with Gasteiger partial charge in [-0.05, 0) is 50.6 Å². The second kappa shape index (κ2) is 6.00. The number of hydrogen-bond donors (Lipinski definition) is 0. The van der Waals surface area contributed by atoms with Crippen molar-refractivity contribution in [3.63, 3.8) is 0 Å². The lowest BCUT2D eigenvalue weighted by Gasteiger charge is -2.34. The summed E-state index contributed by atoms with van der Waals surface area (Å²) in [7, 11) is 2.18. The zero-order valence-corrected chi connectivity index (χ0v) is 16.1. The maximum Gasteiger partial charge on any atom is 0.0909 e. The molecule has 0 bridgehead atoms. The van der Waals surface area contributed by atoms with Crippen molar-refractivity contribution >= 4 is 34.3 Å². The number of benzene rings is 1. The van der Waals surface area contributed by atoms with Crippen LogP contribution in [0, 0.1) is 0 Å². The molecule has 2 aliphatic heterocycles. The summed E-state index contributed by atoms with van der Waals surface area (Å²) in [4.78, 5) is 9.77. The zero-order valence-electron chi connectivity index (χ0n) is 15.3. The van der Waals surface area contributed by atoms with Gasteiger partial charge < -0.3 is 14.4 Å². The maximum absolute atomic E-state index is 6.81. The van der Waals surface area contributed by atoms with E-state index in [1.165, 1.54) is 22.5 Å². The van der Waals surface area contributed by atoms with Crippen molar-refractivity contribution in [1.29, 1.82) is 0 Å². The Morgan fingerprint density at radius 2 is 1.92 bits per heavy atom. The van der Waals surface area contributed by atoms with Crippen LogP contribution in [0.5, 0.6) is 0 Å². The molecule has 1 aromatic heterocycles. The third-order valence-electron chi connectivity index (χ3n) is 5.80. The molecule has 5 heteroatoms. The Kier molecular flexibility index (Phi) is 3.73. The average molecular weight is 367 g/mol. The summed E-state index contributed by atoms with van der Waals surface area (Å²) in [6.45, 7) is 6.32. The number of likely N-dealkylation sites (N-methyl/N-ethyl adjacent to an activating group) is 1. The van der Waals surface area contributed by atoms with Crippen molar-refractivity contribution in [2.75, 3.05) is 38.1 Å². The molecule has 2 aromatic rings. The lowest BCUT2D eigenvalue weighted by atomic mass is 9.94. The summed E-state index contributed by atoms with van der Waals surface area (Å²) in [6, 6.07) is 6.55. The second-order valence-corrected chi connectivity index (χ2v) is 7.91. The van der Waals surface area contributed by atoms with Crippen molar-refractivity contribution < 1.29 is 0 Å². The van der Waals surface area contributed by atoms with Gasteiger partial charge >= 0.3 is 0 Å². The summed E-state index contributed by atoms with van der Waals surface area (Å²) in [6.07, 6.45) is 6.64. The molecule has 3 heterocycles. The molecule has 4 nitrogen and oxygen atoms in total. The molecule has 1 fully saturated rings. The van der Waals surface area contributed by atoms with Crippen LogP contribution in [-0.2, 0) is 6.42 Å². The Labute approximate surface area is 159 Å². The van der Waals surface area contributed by atoms with Crippen molar-refractivity contribution in [1.82, 2.24) is 9.47 Å². The number of aryl methyl sites for hydroxylation is 1. The number of rotatable bonds is 1. The Morgan fingerprint density at radius 1 is 1.12 bits per heavy atom. The first-order valence-electron chi connectivity index (χ1n) is 9.35. The van der Waals surface area contributed by atoms with Gasteiger partial charge in [0.2, 0.25) is 0 Å². The van der Waals surface area contributed by atoms with Crippen LogP contribution in [0.15, 0.2) is 35.5 Å². The van der Waals surface area contributed by atoms with Gasteiger partial charge in [0.15, 0.2) is 0 Å². The minimum atomic E-state index is 0.776. The van der Waals surface area contributed by atoms with Gasteiger partial charge in [-0.15, -0.1) is 0 Å². The summed E-state index contributed by atoms with van der Waals surface area (Å²) in [5.41, 5.74) is 8.15. The number of halogens is 1. The van der Waals surface area contributed by atoms with Crippen molar-refractivity contribution in [2.45, 2.75) is 19.8 Å². The smallest absolute Gasteiger partial charge is 0.0909 e. The van der Waals surface area contributed by atoms with E-state index in [1.807, 2.05) is 0 Å². The Hall–Kier alpha value is -2.04. The average Bonchev–Trinajstić information content (AvgIpc) is 3.00. The van der Waals surface area contributed by atoms with Gasteiger partial charge in [-0.25, -0.2) is 0 Å². The first-order valence-corrected chi connectivity index (χ1v) is 9.73. The quantitative estimate of drug-likeness (QED) is 0.750. The van der Waals surface area contributed by atoms with Crippen LogP contribution < -0.4 is 4.90 Å². The fourth-order valence-electron chi connectivity index (χ4n) is 4.33. The van der Waals surface area contributed by atoms with E-state index in [2.05, 4.69) is 58.8 Å². The van der Waals surface area contributed by atoms with Gasteiger partial charge in [0.1, 0.15) is 0 Å². The molecule has 1 aromatic carbocycles. The predicted molar refractivity (Wildman–Crippen MR) is 110 cm³/mol. The van der Waals surface area contributed by atoms with Crippen molar-refractivity contribution in [3.8, 4) is 5.69 Å². The summed E-state index contributed by atoms with van der Waals surface area (Å²) < 4.78 is 2.24. The normalized spacial score (nSPS) is 19.4. The van der Waals surface area contributed by atoms with Gasteiger partial charge in [-0.3, -0.25) is 4.99 Å². The zero-order chi connectivity index (χ0) is 17.8. The molecule has 0 amide bonds. The highest BCUT2D eigenvalue weighted by atomic mass is 35.5. The number of anilines is 1. The lowest BCUT2D eigenvalue weighted by molar-refractivity contribution is 0.313. The van der Waals surface area contributed by atoms with Crippen LogP contribution in [0.3, 0.4) is 0 Å². The van der Waals surface area contributed by atoms with E-state index in [9.17, 15) is 0 Å². The molecule has 0 atom stereocenters. The Morgan fingerprint density at radius 3 is 2.73 bits per heavy atom. The van der Waals surface area contributed by atoms with Gasteiger partial charge in [0, 0.05) is 49.3 Å². The molecule has 0 spiro atoms. The van der Waals surface area contributed by atoms with Crippen LogP contribution >= 0.6 is 11.6 Å². The number of nitrogens with zero attached hydrogens (tertiary/aromatic N) is 4. The molecule has 1 saturated heterocycles. The minimum absolute atomic E-state index is 0.776. The number of hydrogen-bond acceptors (Lipinski definition) is 3. The van der Waals surface area contributed by atoms with Gasteiger partial charge in [0.05, 0.1) is 22.1 Å². The first-order chi connectivity index (χ1) is 12.6. The number of aliphatic imine (C=N–C) groups is 1. The number of allylic oxidation sites excluding steroid dienone is 2. The topological polar surface area (TPSA) is 23.8 Å². The standard InChI is InChI=1S/C21H23ClN4/c1-14-17-5-3-4-15-6-7-26(20(15)17)21-18(22)12-16(13-19(21)23-14)25-10-8-24(2)9-11-25/h5-7,12-13H,3-4,8-11H2,1-2H3. The number of piperazine rings is 1. The van der Waals surface area contributed by atoms with Crippen LogP contribution in [0.2, 0.25) is 5.02 Å². The summed E-state index contributed by atoms with van der Waals surface area (Å²) in [5, 5.41) is 0.776. The van der Waals surface area contributed by atoms with Crippen LogP contribution in [-0.4, -0.2) is 48.4 Å². The largest absolute Gasteiger partial charge is 0.369 e. The molecule has 134 valence electrons. The SMILES string of the molecule is CC1=Nc2cc(N3CCN(C)CC3)cc(Cl)c2-n2ccc3c2C1=CCC3. The second-order valence-electron chi connectivity index (χ2n) is 7.50. The number of aromatic nitrogens is 1. The monoisotopic (exact) mass is 366 g/mol. The Bertz CT molecular complexity index is 945. The van der Waals surface area contributed by atoms with Gasteiger partial charge in [-0.1, -0.05) is 17.7 Å². The molecule has 0 saturated carbocycles. The van der Waals surface area contributed by atoms with Crippen molar-refractivity contribution in [3.05, 3.63) is 46.8 Å². The Balaban J connectivity index is 1.67. The maximum atomic E-state index is 6.81. The molecule has 5 rings (SSSR count). The van der Waals surface area contributed by atoms with Crippen LogP contribution in [0.25, 0.3) is 11.3 Å². The molecule has 0 unspecified atom stereocenters. The molecule has 3 aliphatic rings. The van der Waals surface area contributed by atoms with Crippen molar-refractivity contribution in [2.24, 2.45) is 4.99 Å². The molecule has 0 N–H and O–H groups in total. The summed E-state index contributed by atoms with van der Waals surface area (Å²) >= 11 is 6.81. The van der Waals surface area contributed by atoms with E-state index in [0.717, 1.165) is 61.1 Å². The highest BCUT2D eigenvalue weighted by Crippen LogP contribution is 2.42. The van der Waals surface area contributed by atoms with E-state index in [1.54, 1.807) is 0 Å². The molecule has 1 aliphatic carbocycles. The highest BCUT2D eigenvalue weighted by Gasteiger charge is 2.26. The minimum Gasteiger partial charge on any atom is -0.369 e. The first kappa shape index (κ1) is 16.2. The fraction of sp³-hybridized carbons (Fsp3) is 0.381. The van der Waals surface area contributed by atoms with E-state index >= 15 is 0 Å². The molecular formula is C21H23ClN4. The van der Waals surface area contributed by atoms with Crippen LogP contribution in [0.1, 0.15) is 24.6 Å². The van der Waals surface area contributed by atoms with E-state index in [4.69, 9.17) is 16.6 Å². The van der Waals surface area contributed by atoms with E-state index in [0.29, 0.717) is 0 Å². The van der Waals surface area contributed by atoms with Gasteiger partial charge in [0.25, 0.3) is 0 Å². The summed E-state index contributed by atoms with van der Waals surface area (Å²) in [5.74, 6) is 0. The van der Waals surface area contributed by atoms with E-state index in [-0.39, 0.29) is 0 Å². The number of fused-ring (bicyclic) bond motifs is 2. The van der Waals surface area contributed by atoms with Crippen LogP contribution in [0.4, 0.5) is 11.4 Å². The fourth-order valence-corrected chi connectivity index (χ4v) is 4.63. The predicted octanol–water partition coefficient (Wildman–Crippen LogP) is 4.32.